The van der Waals surface area contributed by atoms with Crippen LogP contribution in [0.15, 0.2) is 29.9 Å². The summed E-state index contributed by atoms with van der Waals surface area (Å²) in [5.41, 5.74) is 2.96. The summed E-state index contributed by atoms with van der Waals surface area (Å²) >= 11 is 7.63. The Kier molecular flexibility index (Phi) is 4.52. The van der Waals surface area contributed by atoms with E-state index in [-0.39, 0.29) is 6.04 Å². The molecule has 2 rings (SSSR count). The van der Waals surface area contributed by atoms with E-state index >= 15 is 0 Å². The van der Waals surface area contributed by atoms with E-state index in [1.165, 1.54) is 0 Å². The van der Waals surface area contributed by atoms with Crippen LogP contribution in [0.1, 0.15) is 17.8 Å². The zero-order valence-electron chi connectivity index (χ0n) is 10.9. The molecule has 5 nitrogen and oxygen atoms in total. The first-order valence-electron chi connectivity index (χ1n) is 5.77. The number of rotatable bonds is 5. The molecular formula is C12H14ClN3O2S2. The Balaban J connectivity index is 2.13. The molecule has 8 heteroatoms. The topological polar surface area (TPSA) is 71.1 Å². The highest BCUT2D eigenvalue weighted by atomic mass is 35.5. The van der Waals surface area contributed by atoms with Crippen LogP contribution in [0, 0.1) is 0 Å². The van der Waals surface area contributed by atoms with E-state index in [2.05, 4.69) is 15.0 Å². The Morgan fingerprint density at radius 1 is 1.40 bits per heavy atom. The Bertz CT molecular complexity index is 687. The van der Waals surface area contributed by atoms with Crippen LogP contribution in [0.4, 0.5) is 11.4 Å². The third-order valence-corrected chi connectivity index (χ3v) is 4.39. The fourth-order valence-corrected chi connectivity index (χ4v) is 3.14. The predicted octanol–water partition coefficient (Wildman–Crippen LogP) is 3.34. The van der Waals surface area contributed by atoms with Gasteiger partial charge in [-0.3, -0.25) is 9.71 Å². The number of hydrogen-bond acceptors (Lipinski definition) is 5. The van der Waals surface area contributed by atoms with E-state index in [1.54, 1.807) is 35.0 Å². The summed E-state index contributed by atoms with van der Waals surface area (Å²) in [4.78, 5) is 5.14. The van der Waals surface area contributed by atoms with Crippen molar-refractivity contribution in [3.63, 3.8) is 0 Å². The fourth-order valence-electron chi connectivity index (χ4n) is 1.65. The minimum absolute atomic E-state index is 0.104. The van der Waals surface area contributed by atoms with Gasteiger partial charge >= 0.3 is 0 Å². The maximum absolute atomic E-state index is 11.2. The summed E-state index contributed by atoms with van der Waals surface area (Å²) in [7, 11) is -3.33. The Labute approximate surface area is 127 Å². The SMILES string of the molecule is CC(Nc1ccc(NS(C)(=O)=O)c(Cl)c1)c1cncs1. The number of thiazole rings is 1. The zero-order chi connectivity index (χ0) is 14.8. The number of halogens is 1. The number of nitrogens with zero attached hydrogens (tertiary/aromatic N) is 1. The molecule has 1 atom stereocenters. The third kappa shape index (κ3) is 4.09. The molecule has 0 radical (unpaired) electrons. The zero-order valence-corrected chi connectivity index (χ0v) is 13.3. The molecule has 1 aromatic heterocycles. The van der Waals surface area contributed by atoms with Gasteiger partial charge in [0.1, 0.15) is 0 Å². The molecule has 0 amide bonds. The molecule has 108 valence electrons. The lowest BCUT2D eigenvalue weighted by atomic mass is 10.2. The van der Waals surface area contributed by atoms with Crippen LogP contribution in [0.25, 0.3) is 0 Å². The third-order valence-electron chi connectivity index (χ3n) is 2.53. The number of sulfonamides is 1. The summed E-state index contributed by atoms with van der Waals surface area (Å²) in [5, 5.41) is 3.63. The second-order valence-corrected chi connectivity index (χ2v) is 7.41. The van der Waals surface area contributed by atoms with Crippen molar-refractivity contribution >= 4 is 44.3 Å². The van der Waals surface area contributed by atoms with E-state index in [0.717, 1.165) is 16.8 Å². The molecule has 0 fully saturated rings. The van der Waals surface area contributed by atoms with Crippen molar-refractivity contribution in [1.82, 2.24) is 4.98 Å². The van der Waals surface area contributed by atoms with Crippen LogP contribution in [-0.2, 0) is 10.0 Å². The summed E-state index contributed by atoms with van der Waals surface area (Å²) in [6.07, 6.45) is 2.89. The van der Waals surface area contributed by atoms with E-state index in [9.17, 15) is 8.42 Å². The number of hydrogen-bond donors (Lipinski definition) is 2. The lowest BCUT2D eigenvalue weighted by Gasteiger charge is -2.14. The molecular weight excluding hydrogens is 318 g/mol. The highest BCUT2D eigenvalue weighted by Crippen LogP contribution is 2.29. The lowest BCUT2D eigenvalue weighted by molar-refractivity contribution is 0.607. The van der Waals surface area contributed by atoms with Crippen molar-refractivity contribution in [3.8, 4) is 0 Å². The van der Waals surface area contributed by atoms with Gasteiger partial charge in [0, 0.05) is 16.8 Å². The van der Waals surface area contributed by atoms with Gasteiger partial charge in [-0.05, 0) is 25.1 Å². The van der Waals surface area contributed by atoms with Crippen LogP contribution in [0.5, 0.6) is 0 Å². The largest absolute Gasteiger partial charge is 0.378 e. The number of aromatic nitrogens is 1. The molecule has 0 bridgehead atoms. The van der Waals surface area contributed by atoms with Gasteiger partial charge in [0.05, 0.1) is 28.5 Å². The second kappa shape index (κ2) is 5.99. The normalized spacial score (nSPS) is 12.9. The molecule has 1 aromatic carbocycles. The molecule has 20 heavy (non-hydrogen) atoms. The molecule has 0 aliphatic heterocycles. The van der Waals surface area contributed by atoms with Crippen molar-refractivity contribution < 1.29 is 8.42 Å². The Morgan fingerprint density at radius 3 is 2.70 bits per heavy atom. The quantitative estimate of drug-likeness (QED) is 0.881. The van der Waals surface area contributed by atoms with Crippen LogP contribution >= 0.6 is 22.9 Å². The summed E-state index contributed by atoms with van der Waals surface area (Å²) in [6.45, 7) is 2.02. The Morgan fingerprint density at radius 2 is 2.15 bits per heavy atom. The van der Waals surface area contributed by atoms with Crippen molar-refractivity contribution in [3.05, 3.63) is 39.8 Å². The maximum Gasteiger partial charge on any atom is 0.229 e. The highest BCUT2D eigenvalue weighted by Gasteiger charge is 2.10. The standard InChI is InChI=1S/C12H14ClN3O2S2/c1-8(12-6-14-7-19-12)15-9-3-4-11(10(13)5-9)16-20(2,17)18/h3-8,15-16H,1-2H3. The molecule has 1 unspecified atom stereocenters. The first kappa shape index (κ1) is 15.1. The highest BCUT2D eigenvalue weighted by molar-refractivity contribution is 7.92. The monoisotopic (exact) mass is 331 g/mol. The van der Waals surface area contributed by atoms with E-state index in [1.807, 2.05) is 13.1 Å². The van der Waals surface area contributed by atoms with Gasteiger partial charge in [-0.25, -0.2) is 8.42 Å². The van der Waals surface area contributed by atoms with Gasteiger partial charge in [0.2, 0.25) is 10.0 Å². The number of benzene rings is 1. The van der Waals surface area contributed by atoms with Gasteiger partial charge in [0.25, 0.3) is 0 Å². The molecule has 0 saturated carbocycles. The van der Waals surface area contributed by atoms with Crippen LogP contribution in [-0.4, -0.2) is 19.7 Å². The smallest absolute Gasteiger partial charge is 0.229 e. The van der Waals surface area contributed by atoms with E-state index in [4.69, 9.17) is 11.6 Å². The van der Waals surface area contributed by atoms with Crippen LogP contribution in [0.3, 0.4) is 0 Å². The molecule has 0 saturated heterocycles. The number of nitrogens with one attached hydrogen (secondary N) is 2. The molecule has 2 aromatic rings. The molecule has 0 aliphatic rings. The minimum Gasteiger partial charge on any atom is -0.378 e. The van der Waals surface area contributed by atoms with Gasteiger partial charge in [-0.2, -0.15) is 0 Å². The van der Waals surface area contributed by atoms with Gasteiger partial charge in [0.15, 0.2) is 0 Å². The summed E-state index contributed by atoms with van der Waals surface area (Å²) in [5.74, 6) is 0. The molecule has 0 aliphatic carbocycles. The minimum atomic E-state index is -3.33. The van der Waals surface area contributed by atoms with E-state index < -0.39 is 10.0 Å². The Hall–Kier alpha value is -1.31. The molecule has 2 N–H and O–H groups in total. The maximum atomic E-state index is 11.2. The number of anilines is 2. The average molecular weight is 332 g/mol. The summed E-state index contributed by atoms with van der Waals surface area (Å²) in [6, 6.07) is 5.20. The first-order chi connectivity index (χ1) is 9.35. The lowest BCUT2D eigenvalue weighted by Crippen LogP contribution is -2.10. The van der Waals surface area contributed by atoms with Crippen molar-refractivity contribution in [2.75, 3.05) is 16.3 Å². The van der Waals surface area contributed by atoms with E-state index in [0.29, 0.717) is 10.7 Å². The summed E-state index contributed by atoms with van der Waals surface area (Å²) < 4.78 is 24.7. The van der Waals surface area contributed by atoms with Gasteiger partial charge < -0.3 is 5.32 Å². The van der Waals surface area contributed by atoms with Crippen molar-refractivity contribution in [2.24, 2.45) is 0 Å². The van der Waals surface area contributed by atoms with Crippen LogP contribution in [0.2, 0.25) is 5.02 Å². The predicted molar refractivity (Wildman–Crippen MR) is 84.1 cm³/mol. The van der Waals surface area contributed by atoms with Crippen molar-refractivity contribution in [1.29, 1.82) is 0 Å². The first-order valence-corrected chi connectivity index (χ1v) is 8.92. The second-order valence-electron chi connectivity index (χ2n) is 4.34. The van der Waals surface area contributed by atoms with Gasteiger partial charge in [-0.1, -0.05) is 11.6 Å². The molecule has 1 heterocycles. The average Bonchev–Trinajstić information content (AvgIpc) is 2.85. The van der Waals surface area contributed by atoms with Crippen molar-refractivity contribution in [2.45, 2.75) is 13.0 Å². The molecule has 0 spiro atoms. The van der Waals surface area contributed by atoms with Gasteiger partial charge in [-0.15, -0.1) is 11.3 Å². The van der Waals surface area contributed by atoms with Crippen LogP contribution < -0.4 is 10.0 Å². The fraction of sp³-hybridized carbons (Fsp3) is 0.250.